The number of hydrogen-bond donors (Lipinski definition) is 0. The number of hydrogen-bond acceptors (Lipinski definition) is 4. The lowest BCUT2D eigenvalue weighted by molar-refractivity contribution is 0.0978. The van der Waals surface area contributed by atoms with Crippen LogP contribution in [0.25, 0.3) is 11.2 Å². The van der Waals surface area contributed by atoms with Crippen LogP contribution in [0, 0.1) is 0 Å². The highest BCUT2D eigenvalue weighted by molar-refractivity contribution is 5.69. The maximum absolute atomic E-state index is 12.2. The quantitative estimate of drug-likeness (QED) is 0.741. The van der Waals surface area contributed by atoms with Crippen LogP contribution in [0.1, 0.15) is 12.8 Å². The molecular weight excluding hydrogens is 248 g/mol. The van der Waals surface area contributed by atoms with E-state index in [0.717, 1.165) is 24.0 Å². The van der Waals surface area contributed by atoms with Crippen LogP contribution < -0.4 is 11.2 Å². The second-order valence-corrected chi connectivity index (χ2v) is 4.91. The molecule has 0 bridgehead atoms. The summed E-state index contributed by atoms with van der Waals surface area (Å²) in [6.45, 7) is 1.37. The van der Waals surface area contributed by atoms with Crippen LogP contribution in [0.2, 0.25) is 0 Å². The third kappa shape index (κ3) is 1.81. The van der Waals surface area contributed by atoms with Crippen molar-refractivity contribution in [3.8, 4) is 0 Å². The molecule has 0 aromatic carbocycles. The molecule has 3 heterocycles. The molecule has 0 aliphatic carbocycles. The normalized spacial score (nSPS) is 19.4. The minimum Gasteiger partial charge on any atom is -0.376 e. The molecule has 0 unspecified atom stereocenters. The van der Waals surface area contributed by atoms with Crippen LogP contribution in [0.15, 0.2) is 15.9 Å². The van der Waals surface area contributed by atoms with Crippen LogP contribution in [-0.2, 0) is 25.4 Å². The molecule has 1 aliphatic rings. The van der Waals surface area contributed by atoms with Crippen molar-refractivity contribution in [1.82, 2.24) is 18.7 Å². The Bertz CT molecular complexity index is 734. The van der Waals surface area contributed by atoms with Gasteiger partial charge in [0.15, 0.2) is 11.2 Å². The van der Waals surface area contributed by atoms with Gasteiger partial charge in [-0.3, -0.25) is 13.9 Å². The van der Waals surface area contributed by atoms with Gasteiger partial charge in [0.25, 0.3) is 5.56 Å². The first-order chi connectivity index (χ1) is 9.09. The summed E-state index contributed by atoms with van der Waals surface area (Å²) >= 11 is 0. The van der Waals surface area contributed by atoms with E-state index in [9.17, 15) is 9.59 Å². The molecule has 1 fully saturated rings. The maximum Gasteiger partial charge on any atom is 0.332 e. The maximum atomic E-state index is 12.2. The molecule has 0 saturated carbocycles. The van der Waals surface area contributed by atoms with Crippen LogP contribution in [0.3, 0.4) is 0 Å². The van der Waals surface area contributed by atoms with Crippen molar-refractivity contribution in [2.24, 2.45) is 14.1 Å². The SMILES string of the molecule is Cn1c(=O)c2c(ncn2C[C@H]2CCCO2)n(C)c1=O. The standard InChI is InChI=1S/C12H16N4O3/c1-14-10-9(11(17)15(2)12(14)18)16(7-13-10)6-8-4-3-5-19-8/h7-8H,3-6H2,1-2H3/t8-/m1/s1. The Hall–Kier alpha value is -1.89. The smallest absolute Gasteiger partial charge is 0.332 e. The van der Waals surface area contributed by atoms with Gasteiger partial charge in [-0.2, -0.15) is 0 Å². The molecule has 7 heteroatoms. The van der Waals surface area contributed by atoms with Crippen molar-refractivity contribution < 1.29 is 4.74 Å². The van der Waals surface area contributed by atoms with Gasteiger partial charge in [0.1, 0.15) is 0 Å². The zero-order valence-corrected chi connectivity index (χ0v) is 11.0. The van der Waals surface area contributed by atoms with Gasteiger partial charge in [-0.1, -0.05) is 0 Å². The molecule has 19 heavy (non-hydrogen) atoms. The molecule has 2 aromatic heterocycles. The molecule has 1 atom stereocenters. The minimum absolute atomic E-state index is 0.124. The van der Waals surface area contributed by atoms with E-state index in [0.29, 0.717) is 17.7 Å². The Labute approximate surface area is 109 Å². The van der Waals surface area contributed by atoms with Gasteiger partial charge in [-0.25, -0.2) is 9.78 Å². The monoisotopic (exact) mass is 264 g/mol. The molecular formula is C12H16N4O3. The molecule has 1 aliphatic heterocycles. The van der Waals surface area contributed by atoms with E-state index in [1.54, 1.807) is 17.9 Å². The van der Waals surface area contributed by atoms with Gasteiger partial charge in [0.2, 0.25) is 0 Å². The van der Waals surface area contributed by atoms with E-state index in [1.165, 1.54) is 11.6 Å². The lowest BCUT2D eigenvalue weighted by Crippen LogP contribution is -2.37. The number of ether oxygens (including phenoxy) is 1. The molecule has 102 valence electrons. The van der Waals surface area contributed by atoms with E-state index in [1.807, 2.05) is 0 Å². The van der Waals surface area contributed by atoms with Gasteiger partial charge in [0.05, 0.1) is 19.0 Å². The first kappa shape index (κ1) is 12.2. The number of aryl methyl sites for hydroxylation is 1. The van der Waals surface area contributed by atoms with Gasteiger partial charge >= 0.3 is 5.69 Å². The summed E-state index contributed by atoms with van der Waals surface area (Å²) in [7, 11) is 3.10. The summed E-state index contributed by atoms with van der Waals surface area (Å²) in [6, 6.07) is 0. The number of fused-ring (bicyclic) bond motifs is 1. The second kappa shape index (κ2) is 4.34. The summed E-state index contributed by atoms with van der Waals surface area (Å²) in [5.74, 6) is 0. The van der Waals surface area contributed by atoms with E-state index in [2.05, 4.69) is 4.98 Å². The Morgan fingerprint density at radius 3 is 2.84 bits per heavy atom. The summed E-state index contributed by atoms with van der Waals surface area (Å²) in [4.78, 5) is 28.2. The van der Waals surface area contributed by atoms with Crippen LogP contribution >= 0.6 is 0 Å². The lowest BCUT2D eigenvalue weighted by atomic mass is 10.2. The van der Waals surface area contributed by atoms with Crippen LogP contribution in [-0.4, -0.2) is 31.4 Å². The third-order valence-corrected chi connectivity index (χ3v) is 3.64. The van der Waals surface area contributed by atoms with E-state index >= 15 is 0 Å². The molecule has 0 spiro atoms. The lowest BCUT2D eigenvalue weighted by Gasteiger charge is -2.11. The fraction of sp³-hybridized carbons (Fsp3) is 0.583. The zero-order valence-electron chi connectivity index (χ0n) is 11.0. The molecule has 0 radical (unpaired) electrons. The zero-order chi connectivity index (χ0) is 13.6. The molecule has 0 N–H and O–H groups in total. The summed E-state index contributed by atoms with van der Waals surface area (Å²) < 4.78 is 9.86. The topological polar surface area (TPSA) is 71.0 Å². The van der Waals surface area contributed by atoms with Crippen molar-refractivity contribution in [3.05, 3.63) is 27.2 Å². The molecule has 0 amide bonds. The van der Waals surface area contributed by atoms with Gasteiger partial charge in [-0.05, 0) is 12.8 Å². The molecule has 3 rings (SSSR count). The average molecular weight is 264 g/mol. The van der Waals surface area contributed by atoms with Crippen LogP contribution in [0.4, 0.5) is 0 Å². The Kier molecular flexibility index (Phi) is 2.78. The Balaban J connectivity index is 2.17. The van der Waals surface area contributed by atoms with Crippen molar-refractivity contribution in [3.63, 3.8) is 0 Å². The van der Waals surface area contributed by atoms with Gasteiger partial charge in [-0.15, -0.1) is 0 Å². The fourth-order valence-electron chi connectivity index (χ4n) is 2.54. The van der Waals surface area contributed by atoms with Gasteiger partial charge < -0.3 is 9.30 Å². The fourth-order valence-corrected chi connectivity index (χ4v) is 2.54. The first-order valence-electron chi connectivity index (χ1n) is 6.32. The molecule has 2 aromatic rings. The largest absolute Gasteiger partial charge is 0.376 e. The minimum atomic E-state index is -0.361. The van der Waals surface area contributed by atoms with E-state index < -0.39 is 0 Å². The second-order valence-electron chi connectivity index (χ2n) is 4.91. The number of rotatable bonds is 2. The van der Waals surface area contributed by atoms with Crippen molar-refractivity contribution in [2.75, 3.05) is 6.61 Å². The first-order valence-corrected chi connectivity index (χ1v) is 6.32. The average Bonchev–Trinajstić information content (AvgIpc) is 3.04. The summed E-state index contributed by atoms with van der Waals surface area (Å²) in [6.07, 6.45) is 3.77. The predicted molar refractivity (Wildman–Crippen MR) is 69.2 cm³/mol. The highest BCUT2D eigenvalue weighted by Crippen LogP contribution is 2.15. The summed E-state index contributed by atoms with van der Waals surface area (Å²) in [5.41, 5.74) is 0.208. The third-order valence-electron chi connectivity index (χ3n) is 3.64. The number of aromatic nitrogens is 4. The van der Waals surface area contributed by atoms with Crippen LogP contribution in [0.5, 0.6) is 0 Å². The van der Waals surface area contributed by atoms with E-state index in [-0.39, 0.29) is 17.4 Å². The van der Waals surface area contributed by atoms with Crippen molar-refractivity contribution >= 4 is 11.2 Å². The molecule has 7 nitrogen and oxygen atoms in total. The van der Waals surface area contributed by atoms with Gasteiger partial charge in [0, 0.05) is 20.7 Å². The predicted octanol–water partition coefficient (Wildman–Crippen LogP) is -0.387. The highest BCUT2D eigenvalue weighted by atomic mass is 16.5. The summed E-state index contributed by atoms with van der Waals surface area (Å²) in [5, 5.41) is 0. The molecule has 1 saturated heterocycles. The number of imidazole rings is 1. The van der Waals surface area contributed by atoms with E-state index in [4.69, 9.17) is 4.74 Å². The Morgan fingerprint density at radius 1 is 1.37 bits per heavy atom. The van der Waals surface area contributed by atoms with Crippen molar-refractivity contribution in [1.29, 1.82) is 0 Å². The Morgan fingerprint density at radius 2 is 2.16 bits per heavy atom. The number of nitrogens with zero attached hydrogens (tertiary/aromatic N) is 4. The highest BCUT2D eigenvalue weighted by Gasteiger charge is 2.20. The van der Waals surface area contributed by atoms with Crippen molar-refractivity contribution in [2.45, 2.75) is 25.5 Å².